The molecule has 0 radical (unpaired) electrons. The highest BCUT2D eigenvalue weighted by molar-refractivity contribution is 7.71. The van der Waals surface area contributed by atoms with Gasteiger partial charge in [0.15, 0.2) is 10.6 Å². The van der Waals surface area contributed by atoms with Gasteiger partial charge in [-0.2, -0.15) is 0 Å². The Morgan fingerprint density at radius 2 is 1.71 bits per heavy atom. The van der Waals surface area contributed by atoms with Crippen molar-refractivity contribution in [2.75, 3.05) is 20.2 Å². The number of hydrogen-bond donors (Lipinski definition) is 0. The molecule has 4 rings (SSSR count). The number of fused-ring (bicyclic) bond motifs is 1. The van der Waals surface area contributed by atoms with Gasteiger partial charge in [-0.25, -0.2) is 0 Å². The van der Waals surface area contributed by atoms with Crippen LogP contribution in [-0.2, 0) is 13.7 Å². The highest BCUT2D eigenvalue weighted by atomic mass is 32.1. The molecule has 5 nitrogen and oxygen atoms in total. The quantitative estimate of drug-likeness (QED) is 0.478. The van der Waals surface area contributed by atoms with E-state index in [1.165, 1.54) is 0 Å². The van der Waals surface area contributed by atoms with Gasteiger partial charge in [0.2, 0.25) is 0 Å². The van der Waals surface area contributed by atoms with Crippen molar-refractivity contribution in [2.45, 2.75) is 19.5 Å². The van der Waals surface area contributed by atoms with Crippen LogP contribution >= 0.6 is 12.2 Å². The van der Waals surface area contributed by atoms with Gasteiger partial charge in [-0.3, -0.25) is 9.69 Å². The number of benzene rings is 2. The zero-order valence-electron chi connectivity index (χ0n) is 16.3. The minimum absolute atomic E-state index is 0.0881. The van der Waals surface area contributed by atoms with E-state index in [9.17, 15) is 4.79 Å². The predicted molar refractivity (Wildman–Crippen MR) is 113 cm³/mol. The standard InChI is InChI=1S/C22H25N3O2S/c1-23-19-5-3-4-6-20(19)25(22(23)28)15-24-13-11-17(12-14-24)21(26)16-7-9-18(27-2)10-8-16/h3-10,17H,11-15H2,1-2H3. The molecule has 0 unspecified atom stereocenters. The maximum absolute atomic E-state index is 12.8. The van der Waals surface area contributed by atoms with E-state index in [4.69, 9.17) is 17.0 Å². The number of aromatic nitrogens is 2. The fourth-order valence-corrected chi connectivity index (χ4v) is 4.28. The molecule has 2 heterocycles. The number of methoxy groups -OCH3 is 1. The monoisotopic (exact) mass is 395 g/mol. The average molecular weight is 396 g/mol. The summed E-state index contributed by atoms with van der Waals surface area (Å²) < 4.78 is 10.3. The van der Waals surface area contributed by atoms with Crippen LogP contribution in [0.5, 0.6) is 5.75 Å². The Labute approximate surface area is 170 Å². The summed E-state index contributed by atoms with van der Waals surface area (Å²) in [5, 5.41) is 0. The fraction of sp³-hybridized carbons (Fsp3) is 0.364. The molecule has 0 spiro atoms. The number of rotatable bonds is 5. The molecule has 146 valence electrons. The van der Waals surface area contributed by atoms with Crippen LogP contribution in [0.25, 0.3) is 11.0 Å². The summed E-state index contributed by atoms with van der Waals surface area (Å²) in [6.45, 7) is 2.57. The maximum atomic E-state index is 12.8. The number of piperidine rings is 1. The summed E-state index contributed by atoms with van der Waals surface area (Å²) in [4.78, 5) is 15.2. The molecule has 0 saturated carbocycles. The van der Waals surface area contributed by atoms with Crippen molar-refractivity contribution < 1.29 is 9.53 Å². The molecule has 0 aliphatic carbocycles. The van der Waals surface area contributed by atoms with E-state index in [0.29, 0.717) is 0 Å². The lowest BCUT2D eigenvalue weighted by Gasteiger charge is -2.31. The largest absolute Gasteiger partial charge is 0.497 e. The molecule has 3 aromatic rings. The molecule has 6 heteroatoms. The normalized spacial score (nSPS) is 15.8. The van der Waals surface area contributed by atoms with Crippen molar-refractivity contribution >= 4 is 29.0 Å². The molecule has 1 fully saturated rings. The molecular formula is C22H25N3O2S. The average Bonchev–Trinajstić information content (AvgIpc) is 2.99. The van der Waals surface area contributed by atoms with Crippen LogP contribution in [0.15, 0.2) is 48.5 Å². The van der Waals surface area contributed by atoms with Crippen LogP contribution in [0.3, 0.4) is 0 Å². The third-order valence-corrected chi connectivity index (χ3v) is 6.22. The van der Waals surface area contributed by atoms with Crippen LogP contribution in [0, 0.1) is 10.7 Å². The minimum Gasteiger partial charge on any atom is -0.497 e. The Balaban J connectivity index is 1.43. The maximum Gasteiger partial charge on any atom is 0.181 e. The zero-order chi connectivity index (χ0) is 19.7. The van der Waals surface area contributed by atoms with E-state index >= 15 is 0 Å². The van der Waals surface area contributed by atoms with Crippen LogP contribution in [0.4, 0.5) is 0 Å². The third-order valence-electron chi connectivity index (χ3n) is 5.73. The highest BCUT2D eigenvalue weighted by Crippen LogP contribution is 2.24. The van der Waals surface area contributed by atoms with E-state index in [-0.39, 0.29) is 11.7 Å². The van der Waals surface area contributed by atoms with Gasteiger partial charge in [0.05, 0.1) is 24.8 Å². The Kier molecular flexibility index (Phi) is 5.33. The number of para-hydroxylation sites is 2. The van der Waals surface area contributed by atoms with E-state index in [1.807, 2.05) is 43.4 Å². The second kappa shape index (κ2) is 7.89. The van der Waals surface area contributed by atoms with Crippen LogP contribution in [-0.4, -0.2) is 40.0 Å². The van der Waals surface area contributed by atoms with Crippen molar-refractivity contribution in [1.29, 1.82) is 0 Å². The summed E-state index contributed by atoms with van der Waals surface area (Å²) in [6, 6.07) is 15.7. The lowest BCUT2D eigenvalue weighted by atomic mass is 9.89. The van der Waals surface area contributed by atoms with E-state index in [2.05, 4.69) is 26.2 Å². The van der Waals surface area contributed by atoms with Gasteiger partial charge < -0.3 is 13.9 Å². The molecule has 1 aliphatic heterocycles. The first-order valence-corrected chi connectivity index (χ1v) is 10.0. The van der Waals surface area contributed by atoms with Crippen molar-refractivity contribution in [3.05, 3.63) is 58.9 Å². The number of likely N-dealkylation sites (tertiary alicyclic amines) is 1. The van der Waals surface area contributed by atoms with E-state index in [0.717, 1.165) is 59.7 Å². The summed E-state index contributed by atoms with van der Waals surface area (Å²) >= 11 is 5.65. The lowest BCUT2D eigenvalue weighted by molar-refractivity contribution is 0.0812. The molecule has 28 heavy (non-hydrogen) atoms. The first-order valence-electron chi connectivity index (χ1n) is 9.63. The molecule has 1 aliphatic rings. The van der Waals surface area contributed by atoms with E-state index in [1.54, 1.807) is 7.11 Å². The Morgan fingerprint density at radius 3 is 2.36 bits per heavy atom. The summed E-state index contributed by atoms with van der Waals surface area (Å²) in [6.07, 6.45) is 1.76. The van der Waals surface area contributed by atoms with Gasteiger partial charge in [0.1, 0.15) is 5.75 Å². The number of imidazole rings is 1. The topological polar surface area (TPSA) is 39.4 Å². The first-order chi connectivity index (χ1) is 13.6. The summed E-state index contributed by atoms with van der Waals surface area (Å²) in [5.74, 6) is 1.10. The molecule has 1 saturated heterocycles. The van der Waals surface area contributed by atoms with Gasteiger partial charge in [0, 0.05) is 31.6 Å². The molecule has 0 bridgehead atoms. The van der Waals surface area contributed by atoms with Gasteiger partial charge in [-0.05, 0) is 61.5 Å². The molecular weight excluding hydrogens is 370 g/mol. The number of carbonyl (C=O) groups is 1. The van der Waals surface area contributed by atoms with Crippen molar-refractivity contribution in [3.63, 3.8) is 0 Å². The third kappa shape index (κ3) is 3.50. The number of carbonyl (C=O) groups excluding carboxylic acids is 1. The number of ketones is 1. The summed E-state index contributed by atoms with van der Waals surface area (Å²) in [5.41, 5.74) is 3.08. The van der Waals surface area contributed by atoms with Crippen molar-refractivity contribution in [1.82, 2.24) is 14.0 Å². The second-order valence-electron chi connectivity index (χ2n) is 7.38. The number of ether oxygens (including phenoxy) is 1. The Hall–Kier alpha value is -2.44. The Bertz CT molecular complexity index is 1040. The van der Waals surface area contributed by atoms with Crippen LogP contribution < -0.4 is 4.74 Å². The smallest absolute Gasteiger partial charge is 0.181 e. The predicted octanol–water partition coefficient (Wildman–Crippen LogP) is 4.27. The lowest BCUT2D eigenvalue weighted by Crippen LogP contribution is -2.37. The van der Waals surface area contributed by atoms with E-state index < -0.39 is 0 Å². The van der Waals surface area contributed by atoms with Gasteiger partial charge in [-0.15, -0.1) is 0 Å². The van der Waals surface area contributed by atoms with Crippen molar-refractivity contribution in [3.8, 4) is 5.75 Å². The Morgan fingerprint density at radius 1 is 1.07 bits per heavy atom. The minimum atomic E-state index is 0.0881. The second-order valence-corrected chi connectivity index (χ2v) is 7.75. The molecule has 0 N–H and O–H groups in total. The number of aryl methyl sites for hydroxylation is 1. The molecule has 2 aromatic carbocycles. The highest BCUT2D eigenvalue weighted by Gasteiger charge is 2.26. The van der Waals surface area contributed by atoms with Gasteiger partial charge in [0.25, 0.3) is 0 Å². The SMILES string of the molecule is COc1ccc(C(=O)C2CCN(Cn3c(=S)n(C)c4ccccc43)CC2)cc1. The number of hydrogen-bond acceptors (Lipinski definition) is 4. The molecule has 1 aromatic heterocycles. The number of Topliss-reactive ketones (excluding diaryl/α,β-unsaturated/α-hetero) is 1. The fourth-order valence-electron chi connectivity index (χ4n) is 4.03. The van der Waals surface area contributed by atoms with Gasteiger partial charge >= 0.3 is 0 Å². The molecule has 0 atom stereocenters. The molecule has 0 amide bonds. The first kappa shape index (κ1) is 18.9. The van der Waals surface area contributed by atoms with Crippen LogP contribution in [0.1, 0.15) is 23.2 Å². The van der Waals surface area contributed by atoms with Crippen LogP contribution in [0.2, 0.25) is 0 Å². The zero-order valence-corrected chi connectivity index (χ0v) is 17.1. The number of nitrogens with zero attached hydrogens (tertiary/aromatic N) is 3. The van der Waals surface area contributed by atoms with Crippen molar-refractivity contribution in [2.24, 2.45) is 13.0 Å². The van der Waals surface area contributed by atoms with Gasteiger partial charge in [-0.1, -0.05) is 12.1 Å². The summed E-state index contributed by atoms with van der Waals surface area (Å²) in [7, 11) is 3.65.